The van der Waals surface area contributed by atoms with E-state index in [-0.39, 0.29) is 30.7 Å². The lowest BCUT2D eigenvalue weighted by atomic mass is 10.2. The summed E-state index contributed by atoms with van der Waals surface area (Å²) in [4.78, 5) is 25.0. The van der Waals surface area contributed by atoms with Crippen LogP contribution in [0.2, 0.25) is 0 Å². The Kier molecular flexibility index (Phi) is 7.48. The van der Waals surface area contributed by atoms with E-state index in [2.05, 4.69) is 20.2 Å². The molecule has 3 heterocycles. The summed E-state index contributed by atoms with van der Waals surface area (Å²) in [5.41, 5.74) is 1.28. The lowest BCUT2D eigenvalue weighted by Gasteiger charge is -2.37. The smallest absolute Gasteiger partial charge is 0.274 e. The molecule has 1 aromatic rings. The minimum atomic E-state index is 0. The molecule has 6 nitrogen and oxygen atoms in total. The highest BCUT2D eigenvalue weighted by atomic mass is 35.5. The third-order valence-electron chi connectivity index (χ3n) is 4.15. The summed E-state index contributed by atoms with van der Waals surface area (Å²) in [5.74, 6) is 0.00157. The zero-order valence-electron chi connectivity index (χ0n) is 12.7. The molecule has 0 aliphatic carbocycles. The van der Waals surface area contributed by atoms with Crippen molar-refractivity contribution in [3.63, 3.8) is 0 Å². The third kappa shape index (κ3) is 4.29. The van der Waals surface area contributed by atoms with E-state index in [4.69, 9.17) is 0 Å². The number of amides is 1. The van der Waals surface area contributed by atoms with E-state index in [1.165, 1.54) is 6.42 Å². The van der Waals surface area contributed by atoms with Crippen LogP contribution in [0, 0.1) is 6.92 Å². The second-order valence-electron chi connectivity index (χ2n) is 5.52. The summed E-state index contributed by atoms with van der Waals surface area (Å²) >= 11 is 0. The molecule has 3 rings (SSSR count). The summed E-state index contributed by atoms with van der Waals surface area (Å²) < 4.78 is 0. The molecule has 1 aromatic heterocycles. The molecule has 1 unspecified atom stereocenters. The lowest BCUT2D eigenvalue weighted by molar-refractivity contribution is 0.0578. The predicted octanol–water partition coefficient (Wildman–Crippen LogP) is 0.748. The van der Waals surface area contributed by atoms with Crippen molar-refractivity contribution in [3.8, 4) is 0 Å². The zero-order valence-corrected chi connectivity index (χ0v) is 14.3. The van der Waals surface area contributed by atoms with Crippen molar-refractivity contribution in [1.82, 2.24) is 25.1 Å². The number of halogens is 2. The van der Waals surface area contributed by atoms with Gasteiger partial charge in [-0.25, -0.2) is 4.98 Å². The minimum absolute atomic E-state index is 0. The lowest BCUT2D eigenvalue weighted by Crippen LogP contribution is -2.52. The Labute approximate surface area is 143 Å². The Morgan fingerprint density at radius 1 is 1.18 bits per heavy atom. The van der Waals surface area contributed by atoms with Crippen LogP contribution >= 0.6 is 24.8 Å². The van der Waals surface area contributed by atoms with Gasteiger partial charge in [-0.3, -0.25) is 14.7 Å². The van der Waals surface area contributed by atoms with E-state index in [1.54, 1.807) is 12.4 Å². The molecule has 0 spiro atoms. The Morgan fingerprint density at radius 3 is 2.45 bits per heavy atom. The van der Waals surface area contributed by atoms with E-state index in [0.717, 1.165) is 45.0 Å². The highest BCUT2D eigenvalue weighted by molar-refractivity contribution is 5.92. The number of rotatable bonds is 2. The summed E-state index contributed by atoms with van der Waals surface area (Å²) in [6, 6.07) is 0.645. The van der Waals surface area contributed by atoms with Gasteiger partial charge in [0.15, 0.2) is 0 Å². The van der Waals surface area contributed by atoms with Gasteiger partial charge in [0.1, 0.15) is 5.69 Å². The number of carbonyl (C=O) groups excluding carboxylic acids is 1. The number of nitrogens with one attached hydrogen (secondary N) is 1. The summed E-state index contributed by atoms with van der Waals surface area (Å²) in [5, 5.41) is 3.39. The molecule has 2 aliphatic rings. The van der Waals surface area contributed by atoms with Gasteiger partial charge >= 0.3 is 0 Å². The molecule has 2 aliphatic heterocycles. The van der Waals surface area contributed by atoms with Gasteiger partial charge in [0.05, 0.1) is 11.9 Å². The number of aryl methyl sites for hydroxylation is 1. The largest absolute Gasteiger partial charge is 0.335 e. The van der Waals surface area contributed by atoms with Gasteiger partial charge < -0.3 is 10.2 Å². The van der Waals surface area contributed by atoms with Crippen molar-refractivity contribution in [2.24, 2.45) is 0 Å². The Balaban J connectivity index is 0.00000121. The van der Waals surface area contributed by atoms with Crippen molar-refractivity contribution < 1.29 is 4.79 Å². The molecule has 1 amide bonds. The summed E-state index contributed by atoms with van der Waals surface area (Å²) in [6.45, 7) is 7.54. The average molecular weight is 348 g/mol. The molecule has 8 heteroatoms. The summed E-state index contributed by atoms with van der Waals surface area (Å²) in [6.07, 6.45) is 4.44. The van der Waals surface area contributed by atoms with Crippen LogP contribution in [-0.4, -0.2) is 71.0 Å². The molecule has 1 N–H and O–H groups in total. The SMILES string of the molecule is Cc1cnc(C(=O)N2CCN(C3CCNC3)CC2)cn1.Cl.Cl. The maximum atomic E-state index is 12.3. The van der Waals surface area contributed by atoms with Gasteiger partial charge in [-0.1, -0.05) is 0 Å². The summed E-state index contributed by atoms with van der Waals surface area (Å²) in [7, 11) is 0. The van der Waals surface area contributed by atoms with Gasteiger partial charge in [-0.05, 0) is 19.9 Å². The Bertz CT molecular complexity index is 471. The van der Waals surface area contributed by atoms with Crippen molar-refractivity contribution in [2.75, 3.05) is 39.3 Å². The van der Waals surface area contributed by atoms with Crippen LogP contribution in [0.25, 0.3) is 0 Å². The number of carbonyl (C=O) groups is 1. The molecule has 1 atom stereocenters. The fraction of sp³-hybridized carbons (Fsp3) is 0.643. The van der Waals surface area contributed by atoms with Crippen LogP contribution in [0.15, 0.2) is 12.4 Å². The van der Waals surface area contributed by atoms with E-state index < -0.39 is 0 Å². The topological polar surface area (TPSA) is 61.4 Å². The van der Waals surface area contributed by atoms with Crippen LogP contribution in [0.1, 0.15) is 22.6 Å². The Morgan fingerprint density at radius 2 is 1.91 bits per heavy atom. The fourth-order valence-corrected chi connectivity index (χ4v) is 2.91. The molecule has 124 valence electrons. The first-order chi connectivity index (χ1) is 9.74. The molecule has 0 radical (unpaired) electrons. The van der Waals surface area contributed by atoms with Crippen LogP contribution in [0.5, 0.6) is 0 Å². The number of hydrogen-bond acceptors (Lipinski definition) is 5. The monoisotopic (exact) mass is 347 g/mol. The number of piperazine rings is 1. The predicted molar refractivity (Wildman–Crippen MR) is 90.0 cm³/mol. The van der Waals surface area contributed by atoms with Gasteiger partial charge in [0, 0.05) is 45.0 Å². The van der Waals surface area contributed by atoms with Crippen molar-refractivity contribution in [2.45, 2.75) is 19.4 Å². The van der Waals surface area contributed by atoms with Gasteiger partial charge in [0.2, 0.25) is 0 Å². The molecule has 2 saturated heterocycles. The molecule has 0 aromatic carbocycles. The van der Waals surface area contributed by atoms with Gasteiger partial charge in [0.25, 0.3) is 5.91 Å². The maximum absolute atomic E-state index is 12.3. The van der Waals surface area contributed by atoms with Gasteiger partial charge in [-0.15, -0.1) is 24.8 Å². The van der Waals surface area contributed by atoms with E-state index in [1.807, 2.05) is 11.8 Å². The normalized spacial score (nSPS) is 21.9. The average Bonchev–Trinajstić information content (AvgIpc) is 3.02. The maximum Gasteiger partial charge on any atom is 0.274 e. The first kappa shape index (κ1) is 19.1. The second-order valence-corrected chi connectivity index (χ2v) is 5.52. The number of nitrogens with zero attached hydrogens (tertiary/aromatic N) is 4. The highest BCUT2D eigenvalue weighted by Gasteiger charge is 2.28. The molecular weight excluding hydrogens is 325 g/mol. The van der Waals surface area contributed by atoms with E-state index in [9.17, 15) is 4.79 Å². The number of hydrogen-bond donors (Lipinski definition) is 1. The molecule has 0 saturated carbocycles. The third-order valence-corrected chi connectivity index (χ3v) is 4.15. The number of aromatic nitrogens is 2. The fourth-order valence-electron chi connectivity index (χ4n) is 2.91. The van der Waals surface area contributed by atoms with Crippen molar-refractivity contribution in [3.05, 3.63) is 23.8 Å². The van der Waals surface area contributed by atoms with E-state index in [0.29, 0.717) is 11.7 Å². The van der Waals surface area contributed by atoms with Gasteiger partial charge in [-0.2, -0.15) is 0 Å². The van der Waals surface area contributed by atoms with Crippen molar-refractivity contribution in [1.29, 1.82) is 0 Å². The molecule has 22 heavy (non-hydrogen) atoms. The minimum Gasteiger partial charge on any atom is -0.335 e. The van der Waals surface area contributed by atoms with Crippen LogP contribution in [0.3, 0.4) is 0 Å². The molecule has 2 fully saturated rings. The van der Waals surface area contributed by atoms with Crippen molar-refractivity contribution >= 4 is 30.7 Å². The van der Waals surface area contributed by atoms with E-state index >= 15 is 0 Å². The second kappa shape index (κ2) is 8.62. The zero-order chi connectivity index (χ0) is 13.9. The van der Waals surface area contributed by atoms with Crippen LogP contribution < -0.4 is 5.32 Å². The first-order valence-electron chi connectivity index (χ1n) is 7.27. The quantitative estimate of drug-likeness (QED) is 0.855. The first-order valence-corrected chi connectivity index (χ1v) is 7.27. The molecule has 0 bridgehead atoms. The van der Waals surface area contributed by atoms with Crippen LogP contribution in [0.4, 0.5) is 0 Å². The standard InChI is InChI=1S/C14H21N5O.2ClH/c1-11-8-17-13(10-16-11)14(20)19-6-4-18(5-7-19)12-2-3-15-9-12;;/h8,10,12,15H,2-7,9H2,1H3;2*1H. The Hall–Kier alpha value is -0.950. The van der Waals surface area contributed by atoms with Crippen LogP contribution in [-0.2, 0) is 0 Å². The molecular formula is C14H23Cl2N5O. The highest BCUT2D eigenvalue weighted by Crippen LogP contribution is 2.13.